The smallest absolute Gasteiger partial charge is 0.109 e. The second-order valence-electron chi connectivity index (χ2n) is 4.51. The Kier molecular flexibility index (Phi) is 3.91. The Bertz CT molecular complexity index is 219. The molecule has 2 atom stereocenters. The van der Waals surface area contributed by atoms with Crippen LogP contribution >= 0.6 is 0 Å². The molecule has 0 saturated heterocycles. The molecule has 0 aromatic heterocycles. The first-order valence-electron chi connectivity index (χ1n) is 5.39. The summed E-state index contributed by atoms with van der Waals surface area (Å²) in [4.78, 5) is 2.19. The highest BCUT2D eigenvalue weighted by Crippen LogP contribution is 2.37. The van der Waals surface area contributed by atoms with Crippen molar-refractivity contribution >= 4 is 0 Å². The van der Waals surface area contributed by atoms with Crippen LogP contribution in [0.5, 0.6) is 0 Å². The van der Waals surface area contributed by atoms with Gasteiger partial charge in [-0.2, -0.15) is 5.26 Å². The van der Waals surface area contributed by atoms with Crippen molar-refractivity contribution in [3.63, 3.8) is 0 Å². The third kappa shape index (κ3) is 2.26. The molecule has 2 unspecified atom stereocenters. The second-order valence-corrected chi connectivity index (χ2v) is 4.51. The summed E-state index contributed by atoms with van der Waals surface area (Å²) in [5, 5.41) is 12.4. The van der Waals surface area contributed by atoms with Gasteiger partial charge in [-0.15, -0.1) is 0 Å². The van der Waals surface area contributed by atoms with Gasteiger partial charge in [-0.05, 0) is 52.9 Å². The fourth-order valence-corrected chi connectivity index (χ4v) is 2.41. The molecule has 1 saturated carbocycles. The van der Waals surface area contributed by atoms with E-state index in [1.807, 2.05) is 7.05 Å². The summed E-state index contributed by atoms with van der Waals surface area (Å²) in [6.07, 6.45) is 4.52. The SMILES string of the molecule is CNC1(C#N)CCCC1CCN(C)C. The summed E-state index contributed by atoms with van der Waals surface area (Å²) in [6.45, 7) is 1.08. The Morgan fingerprint density at radius 3 is 2.79 bits per heavy atom. The largest absolute Gasteiger partial charge is 0.309 e. The molecule has 1 aliphatic carbocycles. The zero-order valence-electron chi connectivity index (χ0n) is 9.51. The molecular formula is C11H21N3. The molecule has 0 bridgehead atoms. The maximum absolute atomic E-state index is 9.23. The van der Waals surface area contributed by atoms with Crippen LogP contribution in [0.4, 0.5) is 0 Å². The number of nitrogens with zero attached hydrogens (tertiary/aromatic N) is 2. The normalized spacial score (nSPS) is 32.1. The molecule has 1 aliphatic rings. The predicted molar refractivity (Wildman–Crippen MR) is 57.9 cm³/mol. The molecule has 0 aromatic carbocycles. The molecule has 0 radical (unpaired) electrons. The van der Waals surface area contributed by atoms with Crippen LogP contribution in [0.1, 0.15) is 25.7 Å². The lowest BCUT2D eigenvalue weighted by Gasteiger charge is -2.29. The Balaban J connectivity index is 2.55. The fourth-order valence-electron chi connectivity index (χ4n) is 2.41. The second kappa shape index (κ2) is 4.77. The lowest BCUT2D eigenvalue weighted by molar-refractivity contribution is 0.280. The van der Waals surface area contributed by atoms with Gasteiger partial charge >= 0.3 is 0 Å². The average Bonchev–Trinajstić information content (AvgIpc) is 2.58. The van der Waals surface area contributed by atoms with Crippen LogP contribution in [-0.4, -0.2) is 38.1 Å². The van der Waals surface area contributed by atoms with E-state index in [0.717, 1.165) is 19.4 Å². The summed E-state index contributed by atoms with van der Waals surface area (Å²) in [5.74, 6) is 0.528. The van der Waals surface area contributed by atoms with Gasteiger partial charge in [-0.3, -0.25) is 0 Å². The zero-order chi connectivity index (χ0) is 10.6. The minimum Gasteiger partial charge on any atom is -0.309 e. The summed E-state index contributed by atoms with van der Waals surface area (Å²) >= 11 is 0. The van der Waals surface area contributed by atoms with E-state index >= 15 is 0 Å². The summed E-state index contributed by atoms with van der Waals surface area (Å²) in [6, 6.07) is 2.47. The number of hydrogen-bond acceptors (Lipinski definition) is 3. The van der Waals surface area contributed by atoms with Crippen molar-refractivity contribution in [1.82, 2.24) is 10.2 Å². The number of rotatable bonds is 4. The van der Waals surface area contributed by atoms with Crippen LogP contribution in [0.2, 0.25) is 0 Å². The Morgan fingerprint density at radius 1 is 1.57 bits per heavy atom. The average molecular weight is 195 g/mol. The van der Waals surface area contributed by atoms with Gasteiger partial charge in [0.2, 0.25) is 0 Å². The van der Waals surface area contributed by atoms with Crippen molar-refractivity contribution in [2.75, 3.05) is 27.7 Å². The van der Waals surface area contributed by atoms with Crippen molar-refractivity contribution in [3.05, 3.63) is 0 Å². The van der Waals surface area contributed by atoms with Crippen molar-refractivity contribution in [1.29, 1.82) is 5.26 Å². The number of nitriles is 1. The van der Waals surface area contributed by atoms with E-state index in [1.165, 1.54) is 12.8 Å². The lowest BCUT2D eigenvalue weighted by Crippen LogP contribution is -2.45. The molecule has 0 heterocycles. The summed E-state index contributed by atoms with van der Waals surface area (Å²) < 4.78 is 0. The van der Waals surface area contributed by atoms with Crippen LogP contribution in [0.15, 0.2) is 0 Å². The van der Waals surface area contributed by atoms with E-state index in [1.54, 1.807) is 0 Å². The van der Waals surface area contributed by atoms with Gasteiger partial charge in [0.15, 0.2) is 0 Å². The third-order valence-electron chi connectivity index (χ3n) is 3.39. The Labute approximate surface area is 87.1 Å². The molecule has 80 valence electrons. The monoisotopic (exact) mass is 195 g/mol. The maximum atomic E-state index is 9.23. The quantitative estimate of drug-likeness (QED) is 0.733. The molecule has 0 amide bonds. The van der Waals surface area contributed by atoms with E-state index < -0.39 is 0 Å². The zero-order valence-corrected chi connectivity index (χ0v) is 9.51. The van der Waals surface area contributed by atoms with Crippen molar-refractivity contribution in [2.24, 2.45) is 5.92 Å². The maximum Gasteiger partial charge on any atom is 0.109 e. The highest BCUT2D eigenvalue weighted by atomic mass is 15.1. The van der Waals surface area contributed by atoms with Crippen molar-refractivity contribution < 1.29 is 0 Å². The van der Waals surface area contributed by atoms with E-state index in [4.69, 9.17) is 0 Å². The van der Waals surface area contributed by atoms with Crippen molar-refractivity contribution in [2.45, 2.75) is 31.2 Å². The Hall–Kier alpha value is -0.590. The van der Waals surface area contributed by atoms with Gasteiger partial charge in [0.1, 0.15) is 5.54 Å². The number of nitrogens with one attached hydrogen (secondary N) is 1. The summed E-state index contributed by atoms with van der Waals surface area (Å²) in [7, 11) is 6.09. The molecule has 0 spiro atoms. The first kappa shape index (κ1) is 11.5. The highest BCUT2D eigenvalue weighted by Gasteiger charge is 2.41. The highest BCUT2D eigenvalue weighted by molar-refractivity contribution is 5.13. The van der Waals surface area contributed by atoms with Crippen LogP contribution in [0.3, 0.4) is 0 Å². The topological polar surface area (TPSA) is 39.1 Å². The van der Waals surface area contributed by atoms with E-state index in [-0.39, 0.29) is 5.54 Å². The number of hydrogen-bond donors (Lipinski definition) is 1. The van der Waals surface area contributed by atoms with Crippen LogP contribution < -0.4 is 5.32 Å². The molecule has 14 heavy (non-hydrogen) atoms. The van der Waals surface area contributed by atoms with E-state index in [9.17, 15) is 5.26 Å². The molecule has 0 aliphatic heterocycles. The van der Waals surface area contributed by atoms with Crippen LogP contribution in [0, 0.1) is 17.2 Å². The molecule has 3 nitrogen and oxygen atoms in total. The van der Waals surface area contributed by atoms with E-state index in [0.29, 0.717) is 5.92 Å². The molecule has 1 N–H and O–H groups in total. The van der Waals surface area contributed by atoms with Gasteiger partial charge in [-0.1, -0.05) is 6.42 Å². The van der Waals surface area contributed by atoms with Gasteiger partial charge in [0.25, 0.3) is 0 Å². The standard InChI is InChI=1S/C11H21N3/c1-13-11(9-12)7-4-5-10(11)6-8-14(2)3/h10,13H,4-8H2,1-3H3. The minimum absolute atomic E-state index is 0.240. The molecule has 0 aromatic rings. The van der Waals surface area contributed by atoms with Gasteiger partial charge < -0.3 is 10.2 Å². The third-order valence-corrected chi connectivity index (χ3v) is 3.39. The minimum atomic E-state index is -0.240. The van der Waals surface area contributed by atoms with Gasteiger partial charge in [-0.25, -0.2) is 0 Å². The Morgan fingerprint density at radius 2 is 2.29 bits per heavy atom. The molecule has 3 heteroatoms. The van der Waals surface area contributed by atoms with Gasteiger partial charge in [0, 0.05) is 0 Å². The van der Waals surface area contributed by atoms with Crippen molar-refractivity contribution in [3.8, 4) is 6.07 Å². The molecule has 1 rings (SSSR count). The molecule has 1 fully saturated rings. The first-order valence-corrected chi connectivity index (χ1v) is 5.39. The summed E-state index contributed by atoms with van der Waals surface area (Å²) in [5.41, 5.74) is -0.240. The first-order chi connectivity index (χ1) is 6.64. The van der Waals surface area contributed by atoms with Gasteiger partial charge in [0.05, 0.1) is 6.07 Å². The van der Waals surface area contributed by atoms with Crippen LogP contribution in [0.25, 0.3) is 0 Å². The predicted octanol–water partition coefficient (Wildman–Crippen LogP) is 1.22. The van der Waals surface area contributed by atoms with Crippen LogP contribution in [-0.2, 0) is 0 Å². The van der Waals surface area contributed by atoms with E-state index in [2.05, 4.69) is 30.4 Å². The lowest BCUT2D eigenvalue weighted by atomic mass is 9.86. The fraction of sp³-hybridized carbons (Fsp3) is 0.909. The molecular weight excluding hydrogens is 174 g/mol.